The second-order valence-electron chi connectivity index (χ2n) is 11.0. The van der Waals surface area contributed by atoms with Crippen LogP contribution in [0.1, 0.15) is 58.3 Å². The lowest BCUT2D eigenvalue weighted by atomic mass is 9.96. The Bertz CT molecular complexity index is 1130. The number of piperazine rings is 1. The zero-order valence-corrected chi connectivity index (χ0v) is 25.9. The molecular formula is C30H47N5O4S. The molecule has 4 unspecified atom stereocenters. The SMILES string of the molecule is CC.Cc1ncsc1-c1ccc(C(CO)NC(=O)C2CC(O)CN2C(=O)C(C)C(C)C)c(N2CCN(C)CC2)c1. The number of carbonyl (C=O) groups excluding carboxylic acids is 2. The number of aliphatic hydroxyl groups excluding tert-OH is 2. The normalized spacial score (nSPS) is 21.1. The van der Waals surface area contributed by atoms with Crippen LogP contribution < -0.4 is 10.2 Å². The summed E-state index contributed by atoms with van der Waals surface area (Å²) in [5, 5.41) is 23.8. The molecule has 0 aliphatic carbocycles. The number of anilines is 1. The van der Waals surface area contributed by atoms with Crippen LogP contribution >= 0.6 is 11.3 Å². The Morgan fingerprint density at radius 2 is 1.82 bits per heavy atom. The fourth-order valence-corrected chi connectivity index (χ4v) is 6.02. The summed E-state index contributed by atoms with van der Waals surface area (Å²) in [5.41, 5.74) is 5.69. The van der Waals surface area contributed by atoms with E-state index >= 15 is 0 Å². The summed E-state index contributed by atoms with van der Waals surface area (Å²) in [5.74, 6) is -0.604. The third-order valence-electron chi connectivity index (χ3n) is 8.01. The molecule has 4 atom stereocenters. The predicted octanol–water partition coefficient (Wildman–Crippen LogP) is 3.30. The Morgan fingerprint density at radius 3 is 2.40 bits per heavy atom. The minimum absolute atomic E-state index is 0.125. The van der Waals surface area contributed by atoms with Crippen molar-refractivity contribution in [1.82, 2.24) is 20.1 Å². The van der Waals surface area contributed by atoms with E-state index in [0.717, 1.165) is 53.6 Å². The van der Waals surface area contributed by atoms with Crippen molar-refractivity contribution in [1.29, 1.82) is 0 Å². The van der Waals surface area contributed by atoms with Crippen molar-refractivity contribution < 1.29 is 19.8 Å². The number of aryl methyl sites for hydroxylation is 1. The van der Waals surface area contributed by atoms with Gasteiger partial charge in [-0.25, -0.2) is 4.98 Å². The number of aromatic nitrogens is 1. The van der Waals surface area contributed by atoms with Gasteiger partial charge in [0.05, 0.1) is 34.8 Å². The van der Waals surface area contributed by atoms with E-state index < -0.39 is 18.2 Å². The molecule has 9 nitrogen and oxygen atoms in total. The molecule has 2 aromatic rings. The first-order valence-corrected chi connectivity index (χ1v) is 15.4. The van der Waals surface area contributed by atoms with Gasteiger partial charge in [0.15, 0.2) is 0 Å². The first-order valence-electron chi connectivity index (χ1n) is 14.5. The van der Waals surface area contributed by atoms with E-state index in [0.29, 0.717) is 0 Å². The standard InChI is InChI=1S/C28H41N5O4S.C2H6/c1-17(2)18(3)28(37)33-14-21(35)13-25(33)27(36)30-23(15-34)22-7-6-20(26-19(4)29-16-38-26)12-24(22)32-10-8-31(5)9-11-32;1-2/h6-7,12,16-18,21,23,25,34-35H,8-11,13-15H2,1-5H3,(H,30,36);1-2H3. The largest absolute Gasteiger partial charge is 0.394 e. The molecule has 2 fully saturated rings. The number of thiazole rings is 1. The fraction of sp³-hybridized carbons (Fsp3) is 0.633. The maximum atomic E-state index is 13.5. The predicted molar refractivity (Wildman–Crippen MR) is 161 cm³/mol. The van der Waals surface area contributed by atoms with Gasteiger partial charge in [-0.3, -0.25) is 9.59 Å². The van der Waals surface area contributed by atoms with Gasteiger partial charge in [0.2, 0.25) is 11.8 Å². The first kappa shape index (κ1) is 32.0. The van der Waals surface area contributed by atoms with Gasteiger partial charge in [-0.1, -0.05) is 46.8 Å². The number of hydrogen-bond acceptors (Lipinski definition) is 8. The lowest BCUT2D eigenvalue weighted by Gasteiger charge is -2.36. The molecule has 0 bridgehead atoms. The van der Waals surface area contributed by atoms with E-state index in [1.54, 1.807) is 11.3 Å². The van der Waals surface area contributed by atoms with Crippen molar-refractivity contribution in [3.05, 3.63) is 35.0 Å². The number of rotatable bonds is 8. The molecule has 222 valence electrons. The summed E-state index contributed by atoms with van der Waals surface area (Å²) < 4.78 is 0. The van der Waals surface area contributed by atoms with Crippen LogP contribution in [0, 0.1) is 18.8 Å². The second kappa shape index (κ2) is 14.4. The quantitative estimate of drug-likeness (QED) is 0.445. The first-order chi connectivity index (χ1) is 19.1. The van der Waals surface area contributed by atoms with Gasteiger partial charge in [-0.2, -0.15) is 0 Å². The number of amides is 2. The number of benzene rings is 1. The molecule has 4 rings (SSSR count). The van der Waals surface area contributed by atoms with Crippen molar-refractivity contribution in [2.75, 3.05) is 51.3 Å². The number of nitrogens with zero attached hydrogens (tertiary/aromatic N) is 4. The van der Waals surface area contributed by atoms with Crippen molar-refractivity contribution in [2.24, 2.45) is 11.8 Å². The van der Waals surface area contributed by atoms with E-state index in [-0.39, 0.29) is 43.2 Å². The Balaban J connectivity index is 0.00000216. The van der Waals surface area contributed by atoms with Crippen LogP contribution in [0.2, 0.25) is 0 Å². The van der Waals surface area contributed by atoms with Crippen LogP contribution in [0.3, 0.4) is 0 Å². The summed E-state index contributed by atoms with van der Waals surface area (Å²) in [6.07, 6.45) is -0.556. The Hall–Kier alpha value is -2.53. The Labute approximate surface area is 243 Å². The number of likely N-dealkylation sites (tertiary alicyclic amines) is 1. The highest BCUT2D eigenvalue weighted by Crippen LogP contribution is 2.35. The highest BCUT2D eigenvalue weighted by atomic mass is 32.1. The molecule has 1 aromatic carbocycles. The molecule has 1 aromatic heterocycles. The van der Waals surface area contributed by atoms with Crippen LogP contribution in [0.25, 0.3) is 10.4 Å². The van der Waals surface area contributed by atoms with Crippen LogP contribution in [0.5, 0.6) is 0 Å². The van der Waals surface area contributed by atoms with Gasteiger partial charge in [0, 0.05) is 56.3 Å². The summed E-state index contributed by atoms with van der Waals surface area (Å²) in [6, 6.07) is 4.72. The van der Waals surface area contributed by atoms with Crippen molar-refractivity contribution >= 4 is 28.8 Å². The fourth-order valence-electron chi connectivity index (χ4n) is 5.22. The van der Waals surface area contributed by atoms with Crippen LogP contribution in [0.15, 0.2) is 23.7 Å². The van der Waals surface area contributed by atoms with Gasteiger partial charge >= 0.3 is 0 Å². The van der Waals surface area contributed by atoms with Crippen molar-refractivity contribution in [3.8, 4) is 10.4 Å². The zero-order valence-electron chi connectivity index (χ0n) is 25.1. The van der Waals surface area contributed by atoms with Crippen LogP contribution in [-0.4, -0.2) is 95.3 Å². The molecule has 0 radical (unpaired) electrons. The average molecular weight is 574 g/mol. The molecule has 2 aliphatic heterocycles. The molecule has 3 N–H and O–H groups in total. The second-order valence-corrected chi connectivity index (χ2v) is 11.9. The molecule has 40 heavy (non-hydrogen) atoms. The number of hydrogen-bond donors (Lipinski definition) is 3. The number of β-amino-alcohol motifs (C(OH)–C–C–N with tert-alkyl or cyclic N) is 1. The number of aliphatic hydroxyl groups is 2. The van der Waals surface area contributed by atoms with Gasteiger partial charge < -0.3 is 30.2 Å². The minimum atomic E-state index is -0.765. The molecule has 2 saturated heterocycles. The van der Waals surface area contributed by atoms with E-state index in [1.807, 2.05) is 59.2 Å². The van der Waals surface area contributed by atoms with Crippen LogP contribution in [0.4, 0.5) is 5.69 Å². The average Bonchev–Trinajstić information content (AvgIpc) is 3.57. The third kappa shape index (κ3) is 7.21. The molecule has 0 saturated carbocycles. The summed E-state index contributed by atoms with van der Waals surface area (Å²) in [4.78, 5) is 38.2. The van der Waals surface area contributed by atoms with Gasteiger partial charge in [-0.05, 0) is 31.5 Å². The molecule has 2 amide bonds. The number of nitrogens with one attached hydrogen (secondary N) is 1. The molecule has 2 aliphatic rings. The summed E-state index contributed by atoms with van der Waals surface area (Å²) >= 11 is 1.60. The van der Waals surface area contributed by atoms with E-state index in [2.05, 4.69) is 33.2 Å². The topological polar surface area (TPSA) is 109 Å². The third-order valence-corrected chi connectivity index (χ3v) is 8.99. The van der Waals surface area contributed by atoms with Crippen molar-refractivity contribution in [3.63, 3.8) is 0 Å². The zero-order chi connectivity index (χ0) is 29.6. The van der Waals surface area contributed by atoms with Crippen molar-refractivity contribution in [2.45, 2.75) is 66.2 Å². The highest BCUT2D eigenvalue weighted by molar-refractivity contribution is 7.13. The molecular weight excluding hydrogens is 526 g/mol. The Morgan fingerprint density at radius 1 is 1.15 bits per heavy atom. The van der Waals surface area contributed by atoms with Gasteiger partial charge in [0.25, 0.3) is 0 Å². The maximum Gasteiger partial charge on any atom is 0.243 e. The summed E-state index contributed by atoms with van der Waals surface area (Å²) in [6.45, 7) is 15.2. The lowest BCUT2D eigenvalue weighted by molar-refractivity contribution is -0.142. The van der Waals surface area contributed by atoms with Crippen LogP contribution in [-0.2, 0) is 9.59 Å². The minimum Gasteiger partial charge on any atom is -0.394 e. The maximum absolute atomic E-state index is 13.5. The highest BCUT2D eigenvalue weighted by Gasteiger charge is 2.41. The van der Waals surface area contributed by atoms with Gasteiger partial charge in [0.1, 0.15) is 6.04 Å². The summed E-state index contributed by atoms with van der Waals surface area (Å²) in [7, 11) is 2.11. The van der Waals surface area contributed by atoms with E-state index in [9.17, 15) is 19.8 Å². The monoisotopic (exact) mass is 573 g/mol. The van der Waals surface area contributed by atoms with E-state index in [1.165, 1.54) is 4.90 Å². The lowest BCUT2D eigenvalue weighted by Crippen LogP contribution is -2.49. The molecule has 10 heteroatoms. The number of likely N-dealkylation sites (N-methyl/N-ethyl adjacent to an activating group) is 1. The van der Waals surface area contributed by atoms with Gasteiger partial charge in [-0.15, -0.1) is 11.3 Å². The smallest absolute Gasteiger partial charge is 0.243 e. The van der Waals surface area contributed by atoms with E-state index in [4.69, 9.17) is 0 Å². The molecule has 3 heterocycles. The molecule has 0 spiro atoms. The Kier molecular flexibility index (Phi) is 11.5. The number of carbonyl (C=O) groups is 2.